The van der Waals surface area contributed by atoms with E-state index in [1.54, 1.807) is 18.2 Å². The molecule has 82 valence electrons. The Morgan fingerprint density at radius 2 is 1.87 bits per heavy atom. The van der Waals surface area contributed by atoms with E-state index in [1.807, 2.05) is 0 Å². The number of nitrogens with two attached hydrogens (primary N) is 1. The third-order valence-corrected chi connectivity index (χ3v) is 4.04. The van der Waals surface area contributed by atoms with Crippen LogP contribution in [0.2, 0.25) is 0 Å². The quantitative estimate of drug-likeness (QED) is 0.751. The van der Waals surface area contributed by atoms with Gasteiger partial charge in [-0.15, -0.1) is 0 Å². The van der Waals surface area contributed by atoms with E-state index in [1.165, 1.54) is 19.1 Å². The molecule has 0 saturated heterocycles. The van der Waals surface area contributed by atoms with Crippen LogP contribution in [0.5, 0.6) is 0 Å². The summed E-state index contributed by atoms with van der Waals surface area (Å²) < 4.78 is 23.6. The van der Waals surface area contributed by atoms with Crippen molar-refractivity contribution in [1.82, 2.24) is 0 Å². The van der Waals surface area contributed by atoms with Gasteiger partial charge >= 0.3 is 5.97 Å². The molecule has 5 nitrogen and oxygen atoms in total. The van der Waals surface area contributed by atoms with E-state index in [-0.39, 0.29) is 4.90 Å². The van der Waals surface area contributed by atoms with Crippen molar-refractivity contribution in [2.75, 3.05) is 0 Å². The number of hydrogen-bond acceptors (Lipinski definition) is 5. The molecule has 1 atom stereocenters. The largest absolute Gasteiger partial charge is 0.372 e. The van der Waals surface area contributed by atoms with Gasteiger partial charge in [0, 0.05) is 0 Å². The fourth-order valence-electron chi connectivity index (χ4n) is 1.04. The van der Waals surface area contributed by atoms with Gasteiger partial charge in [-0.3, -0.25) is 0 Å². The van der Waals surface area contributed by atoms with Crippen molar-refractivity contribution < 1.29 is 18.0 Å². The standard InChI is InChI=1S/C9H11NO4S/c1-7(9(11)14-10)15(12,13)8-5-3-2-4-6-8/h2-7H,10H2,1H3. The van der Waals surface area contributed by atoms with Crippen LogP contribution in [0, 0.1) is 0 Å². The van der Waals surface area contributed by atoms with Crippen LogP contribution in [-0.2, 0) is 19.5 Å². The molecule has 0 bridgehead atoms. The molecule has 0 spiro atoms. The van der Waals surface area contributed by atoms with Gasteiger partial charge in [-0.05, 0) is 19.1 Å². The maximum absolute atomic E-state index is 11.8. The average Bonchev–Trinajstić information content (AvgIpc) is 2.28. The first-order valence-corrected chi connectivity index (χ1v) is 5.74. The van der Waals surface area contributed by atoms with Crippen LogP contribution in [0.4, 0.5) is 0 Å². The molecule has 0 aromatic heterocycles. The second-order valence-electron chi connectivity index (χ2n) is 2.94. The van der Waals surface area contributed by atoms with Crippen molar-refractivity contribution >= 4 is 15.8 Å². The first-order valence-electron chi connectivity index (χ1n) is 4.19. The molecule has 1 aromatic carbocycles. The Bertz CT molecular complexity index is 440. The van der Waals surface area contributed by atoms with E-state index >= 15 is 0 Å². The number of carbonyl (C=O) groups excluding carboxylic acids is 1. The third kappa shape index (κ3) is 2.34. The topological polar surface area (TPSA) is 86.5 Å². The number of rotatable bonds is 3. The van der Waals surface area contributed by atoms with Crippen molar-refractivity contribution in [1.29, 1.82) is 0 Å². The summed E-state index contributed by atoms with van der Waals surface area (Å²) in [6, 6.07) is 7.66. The molecule has 0 aliphatic carbocycles. The zero-order valence-electron chi connectivity index (χ0n) is 8.08. The number of sulfone groups is 1. The summed E-state index contributed by atoms with van der Waals surface area (Å²) in [5.74, 6) is 3.66. The van der Waals surface area contributed by atoms with Crippen LogP contribution >= 0.6 is 0 Å². The normalized spacial score (nSPS) is 13.2. The summed E-state index contributed by atoms with van der Waals surface area (Å²) in [5, 5.41) is -1.30. The highest BCUT2D eigenvalue weighted by atomic mass is 32.2. The fourth-order valence-corrected chi connectivity index (χ4v) is 2.29. The summed E-state index contributed by atoms with van der Waals surface area (Å²) in [4.78, 5) is 15.0. The van der Waals surface area contributed by atoms with Crippen LogP contribution in [0.15, 0.2) is 35.2 Å². The predicted octanol–water partition coefficient (Wildman–Crippen LogP) is 0.266. The van der Waals surface area contributed by atoms with E-state index in [2.05, 4.69) is 10.7 Å². The number of benzene rings is 1. The Morgan fingerprint density at radius 1 is 1.33 bits per heavy atom. The molecule has 6 heteroatoms. The Kier molecular flexibility index (Phi) is 3.43. The average molecular weight is 229 g/mol. The lowest BCUT2D eigenvalue weighted by Crippen LogP contribution is -2.30. The molecule has 0 saturated carbocycles. The summed E-state index contributed by atoms with van der Waals surface area (Å²) in [5.41, 5.74) is 0. The first kappa shape index (κ1) is 11.7. The Balaban J connectivity index is 3.09. The molecular weight excluding hydrogens is 218 g/mol. The molecule has 15 heavy (non-hydrogen) atoms. The lowest BCUT2D eigenvalue weighted by Gasteiger charge is -2.09. The molecule has 0 heterocycles. The zero-order valence-corrected chi connectivity index (χ0v) is 8.90. The lowest BCUT2D eigenvalue weighted by molar-refractivity contribution is -0.143. The lowest BCUT2D eigenvalue weighted by atomic mass is 10.4. The molecule has 1 unspecified atom stereocenters. The van der Waals surface area contributed by atoms with Gasteiger partial charge in [-0.25, -0.2) is 13.2 Å². The smallest absolute Gasteiger partial charge is 0.342 e. The Hall–Kier alpha value is -1.40. The monoisotopic (exact) mass is 229 g/mol. The minimum Gasteiger partial charge on any atom is -0.372 e. The van der Waals surface area contributed by atoms with E-state index in [4.69, 9.17) is 0 Å². The maximum Gasteiger partial charge on any atom is 0.342 e. The highest BCUT2D eigenvalue weighted by molar-refractivity contribution is 7.92. The summed E-state index contributed by atoms with van der Waals surface area (Å²) in [6.07, 6.45) is 0. The van der Waals surface area contributed by atoms with Crippen LogP contribution in [0.25, 0.3) is 0 Å². The van der Waals surface area contributed by atoms with Gasteiger partial charge in [-0.2, -0.15) is 5.90 Å². The number of carbonyl (C=O) groups is 1. The molecule has 1 rings (SSSR count). The van der Waals surface area contributed by atoms with Gasteiger partial charge in [0.15, 0.2) is 15.1 Å². The van der Waals surface area contributed by atoms with E-state index in [0.29, 0.717) is 0 Å². The van der Waals surface area contributed by atoms with Crippen LogP contribution in [-0.4, -0.2) is 19.6 Å². The van der Waals surface area contributed by atoms with E-state index in [9.17, 15) is 13.2 Å². The van der Waals surface area contributed by atoms with Gasteiger partial charge < -0.3 is 4.84 Å². The van der Waals surface area contributed by atoms with Crippen LogP contribution in [0.3, 0.4) is 0 Å². The highest BCUT2D eigenvalue weighted by Gasteiger charge is 2.30. The molecule has 0 aliphatic heterocycles. The van der Waals surface area contributed by atoms with Gasteiger partial charge in [-0.1, -0.05) is 18.2 Å². The second-order valence-corrected chi connectivity index (χ2v) is 5.21. The van der Waals surface area contributed by atoms with Crippen molar-refractivity contribution in [3.05, 3.63) is 30.3 Å². The summed E-state index contributed by atoms with van der Waals surface area (Å²) >= 11 is 0. The molecule has 0 fully saturated rings. The van der Waals surface area contributed by atoms with E-state index in [0.717, 1.165) is 0 Å². The zero-order chi connectivity index (χ0) is 11.5. The molecule has 0 radical (unpaired) electrons. The molecule has 0 amide bonds. The minimum atomic E-state index is -3.70. The highest BCUT2D eigenvalue weighted by Crippen LogP contribution is 2.15. The van der Waals surface area contributed by atoms with E-state index < -0.39 is 21.1 Å². The summed E-state index contributed by atoms with van der Waals surface area (Å²) in [6.45, 7) is 1.23. The van der Waals surface area contributed by atoms with Gasteiger partial charge in [0.25, 0.3) is 0 Å². The molecular formula is C9H11NO4S. The Morgan fingerprint density at radius 3 is 2.33 bits per heavy atom. The SMILES string of the molecule is CC(C(=O)ON)S(=O)(=O)c1ccccc1. The fraction of sp³-hybridized carbons (Fsp3) is 0.222. The summed E-state index contributed by atoms with van der Waals surface area (Å²) in [7, 11) is -3.70. The van der Waals surface area contributed by atoms with Gasteiger partial charge in [0.2, 0.25) is 0 Å². The van der Waals surface area contributed by atoms with Gasteiger partial charge in [0.05, 0.1) is 4.90 Å². The number of hydrogen-bond donors (Lipinski definition) is 1. The second kappa shape index (κ2) is 4.41. The molecule has 1 aromatic rings. The van der Waals surface area contributed by atoms with Crippen LogP contribution in [0.1, 0.15) is 6.92 Å². The Labute approximate surface area is 87.7 Å². The molecule has 2 N–H and O–H groups in total. The van der Waals surface area contributed by atoms with Crippen molar-refractivity contribution in [2.24, 2.45) is 5.90 Å². The minimum absolute atomic E-state index is 0.0721. The van der Waals surface area contributed by atoms with Gasteiger partial charge in [0.1, 0.15) is 0 Å². The van der Waals surface area contributed by atoms with Crippen molar-refractivity contribution in [3.8, 4) is 0 Å². The third-order valence-electron chi connectivity index (χ3n) is 1.99. The predicted molar refractivity (Wildman–Crippen MR) is 53.4 cm³/mol. The first-order chi connectivity index (χ1) is 7.00. The maximum atomic E-state index is 11.8. The molecule has 0 aliphatic rings. The van der Waals surface area contributed by atoms with Crippen LogP contribution < -0.4 is 5.90 Å². The van der Waals surface area contributed by atoms with Crippen molar-refractivity contribution in [2.45, 2.75) is 17.1 Å². The van der Waals surface area contributed by atoms with Crippen molar-refractivity contribution in [3.63, 3.8) is 0 Å².